The van der Waals surface area contributed by atoms with Gasteiger partial charge in [0.15, 0.2) is 0 Å². The molecular formula is C16H30O13. The fourth-order valence-electron chi connectivity index (χ4n) is 3.38. The Balaban J connectivity index is 1.66. The fraction of sp³-hybridized carbons (Fsp3) is 1.00. The smallest absolute Gasteiger partial charge is 0.115 e. The third-order valence-electron chi connectivity index (χ3n) is 5.22. The normalized spacial score (nSPS) is 48.6. The molecule has 29 heavy (non-hydrogen) atoms. The minimum absolute atomic E-state index is 0.0478. The monoisotopic (exact) mass is 430 g/mol. The summed E-state index contributed by atoms with van der Waals surface area (Å²) >= 11 is 0. The molecule has 13 nitrogen and oxygen atoms in total. The maximum Gasteiger partial charge on any atom is 0.115 e. The highest BCUT2D eigenvalue weighted by Crippen LogP contribution is 2.25. The second-order valence-electron chi connectivity index (χ2n) is 7.19. The van der Waals surface area contributed by atoms with Gasteiger partial charge in [-0.05, 0) is 0 Å². The van der Waals surface area contributed by atoms with E-state index in [1.54, 1.807) is 0 Å². The minimum Gasteiger partial charge on any atom is -0.387 e. The van der Waals surface area contributed by atoms with Gasteiger partial charge in [-0.15, -0.1) is 0 Å². The second kappa shape index (κ2) is 10.7. The lowest BCUT2D eigenvalue weighted by Crippen LogP contribution is -2.64. The molecule has 2 saturated carbocycles. The van der Waals surface area contributed by atoms with Crippen molar-refractivity contribution in [1.29, 1.82) is 0 Å². The first-order valence-electron chi connectivity index (χ1n) is 9.21. The molecule has 0 aromatic rings. The summed E-state index contributed by atoms with van der Waals surface area (Å²) in [4.78, 5) is 0. The van der Waals surface area contributed by atoms with E-state index in [9.17, 15) is 51.1 Å². The van der Waals surface area contributed by atoms with Gasteiger partial charge < -0.3 is 65.3 Å². The molecule has 2 aliphatic rings. The number of rotatable bonds is 8. The van der Waals surface area contributed by atoms with Gasteiger partial charge in [0, 0.05) is 0 Å². The van der Waals surface area contributed by atoms with Crippen LogP contribution in [0.1, 0.15) is 0 Å². The molecule has 13 heteroatoms. The molecule has 0 aromatic heterocycles. The number of hydrogen-bond acceptors (Lipinski definition) is 13. The van der Waals surface area contributed by atoms with E-state index in [4.69, 9.17) is 14.2 Å². The molecule has 0 aromatic carbocycles. The van der Waals surface area contributed by atoms with E-state index in [1.807, 2.05) is 0 Å². The van der Waals surface area contributed by atoms with Crippen molar-refractivity contribution in [2.75, 3.05) is 26.4 Å². The second-order valence-corrected chi connectivity index (χ2v) is 7.19. The predicted octanol–water partition coefficient (Wildman–Crippen LogP) is -6.59. The molecule has 2 aliphatic carbocycles. The van der Waals surface area contributed by atoms with E-state index in [0.29, 0.717) is 0 Å². The predicted molar refractivity (Wildman–Crippen MR) is 90.4 cm³/mol. The molecule has 0 bridgehead atoms. The Kier molecular flexibility index (Phi) is 9.11. The van der Waals surface area contributed by atoms with Crippen LogP contribution in [0.4, 0.5) is 0 Å². The van der Waals surface area contributed by atoms with Gasteiger partial charge in [-0.3, -0.25) is 0 Å². The molecule has 0 saturated heterocycles. The quantitative estimate of drug-likeness (QED) is 0.162. The SMILES string of the molecule is O[C@@H]1[C@@H](O)[C@H](O)[C@H](OCCOCCO[C@@H]2[C@H](O)[C@@H](O)[C@H](O)[C@@H](O)[C@@H]2O)[C@H](O)[C@H]1O. The van der Waals surface area contributed by atoms with Gasteiger partial charge in [0.05, 0.1) is 26.4 Å². The van der Waals surface area contributed by atoms with Crippen LogP contribution in [0.3, 0.4) is 0 Å². The van der Waals surface area contributed by atoms with Crippen molar-refractivity contribution in [3.63, 3.8) is 0 Å². The molecule has 12 atom stereocenters. The summed E-state index contributed by atoms with van der Waals surface area (Å²) in [7, 11) is 0. The first kappa shape index (κ1) is 24.7. The summed E-state index contributed by atoms with van der Waals surface area (Å²) in [5.74, 6) is 0. The fourth-order valence-corrected chi connectivity index (χ4v) is 3.38. The van der Waals surface area contributed by atoms with Crippen molar-refractivity contribution >= 4 is 0 Å². The van der Waals surface area contributed by atoms with Crippen LogP contribution in [0.5, 0.6) is 0 Å². The largest absolute Gasteiger partial charge is 0.387 e. The topological polar surface area (TPSA) is 230 Å². The van der Waals surface area contributed by atoms with Crippen LogP contribution in [0.15, 0.2) is 0 Å². The average molecular weight is 430 g/mol. The van der Waals surface area contributed by atoms with Crippen LogP contribution in [0, 0.1) is 0 Å². The van der Waals surface area contributed by atoms with Crippen LogP contribution >= 0.6 is 0 Å². The highest BCUT2D eigenvalue weighted by atomic mass is 16.6. The van der Waals surface area contributed by atoms with Crippen LogP contribution in [-0.2, 0) is 14.2 Å². The van der Waals surface area contributed by atoms with Gasteiger partial charge >= 0.3 is 0 Å². The zero-order valence-electron chi connectivity index (χ0n) is 15.5. The Hall–Kier alpha value is -0.520. The highest BCUT2D eigenvalue weighted by Gasteiger charge is 2.49. The molecule has 0 aliphatic heterocycles. The van der Waals surface area contributed by atoms with E-state index >= 15 is 0 Å². The number of aliphatic hydroxyl groups is 10. The van der Waals surface area contributed by atoms with Gasteiger partial charge in [0.25, 0.3) is 0 Å². The Morgan fingerprint density at radius 3 is 0.862 bits per heavy atom. The van der Waals surface area contributed by atoms with Gasteiger partial charge in [0.2, 0.25) is 0 Å². The molecule has 172 valence electrons. The van der Waals surface area contributed by atoms with Crippen molar-refractivity contribution in [2.45, 2.75) is 73.2 Å². The van der Waals surface area contributed by atoms with Crippen molar-refractivity contribution in [2.24, 2.45) is 0 Å². The molecule has 2 fully saturated rings. The summed E-state index contributed by atoms with van der Waals surface area (Å²) in [5, 5.41) is 96.6. The Labute approximate surface area is 165 Å². The summed E-state index contributed by atoms with van der Waals surface area (Å²) < 4.78 is 15.6. The lowest BCUT2D eigenvalue weighted by molar-refractivity contribution is -0.240. The highest BCUT2D eigenvalue weighted by molar-refractivity contribution is 5.00. The van der Waals surface area contributed by atoms with E-state index in [0.717, 1.165) is 0 Å². The summed E-state index contributed by atoms with van der Waals surface area (Å²) in [6.07, 6.45) is -19.3. The third-order valence-corrected chi connectivity index (χ3v) is 5.22. The molecule has 0 heterocycles. The molecule has 2 rings (SSSR count). The van der Waals surface area contributed by atoms with Crippen LogP contribution in [-0.4, -0.2) is 151 Å². The van der Waals surface area contributed by atoms with Gasteiger partial charge in [-0.2, -0.15) is 0 Å². The lowest BCUT2D eigenvalue weighted by atomic mass is 9.85. The zero-order valence-corrected chi connectivity index (χ0v) is 15.5. The Bertz CT molecular complexity index is 421. The van der Waals surface area contributed by atoms with E-state index < -0.39 is 73.2 Å². The van der Waals surface area contributed by atoms with Gasteiger partial charge in [-0.25, -0.2) is 0 Å². The molecule has 0 radical (unpaired) electrons. The number of ether oxygens (including phenoxy) is 3. The van der Waals surface area contributed by atoms with E-state index in [-0.39, 0.29) is 26.4 Å². The maximum absolute atomic E-state index is 9.82. The van der Waals surface area contributed by atoms with Crippen LogP contribution in [0.25, 0.3) is 0 Å². The van der Waals surface area contributed by atoms with E-state index in [1.165, 1.54) is 0 Å². The van der Waals surface area contributed by atoms with Crippen LogP contribution in [0.2, 0.25) is 0 Å². The number of hydrogen-bond donors (Lipinski definition) is 10. The van der Waals surface area contributed by atoms with Crippen molar-refractivity contribution < 1.29 is 65.3 Å². The van der Waals surface area contributed by atoms with Gasteiger partial charge in [-0.1, -0.05) is 0 Å². The number of aliphatic hydroxyl groups excluding tert-OH is 10. The molecule has 0 spiro atoms. The summed E-state index contributed by atoms with van der Waals surface area (Å²) in [6, 6.07) is 0. The molecule has 0 unspecified atom stereocenters. The minimum atomic E-state index is -1.71. The maximum atomic E-state index is 9.82. The van der Waals surface area contributed by atoms with Crippen LogP contribution < -0.4 is 0 Å². The van der Waals surface area contributed by atoms with E-state index in [2.05, 4.69) is 0 Å². The Morgan fingerprint density at radius 1 is 0.345 bits per heavy atom. The molecule has 0 amide bonds. The molecular weight excluding hydrogens is 400 g/mol. The van der Waals surface area contributed by atoms with Crippen molar-refractivity contribution in [3.05, 3.63) is 0 Å². The first-order chi connectivity index (χ1) is 13.6. The van der Waals surface area contributed by atoms with Crippen molar-refractivity contribution in [1.82, 2.24) is 0 Å². The third kappa shape index (κ3) is 5.40. The standard InChI is InChI=1S/C16H30O13/c17-5-7(19)11(23)15(12(24)8(5)20)28-3-1-27-2-4-29-16-13(25)9(21)6(18)10(22)14(16)26/h5-26H,1-4H2/t5-,6-,7-,8+,9-,10+,11+,12-,13+,14-,15+,16+. The van der Waals surface area contributed by atoms with Crippen molar-refractivity contribution in [3.8, 4) is 0 Å². The zero-order chi connectivity index (χ0) is 21.9. The summed E-state index contributed by atoms with van der Waals surface area (Å²) in [5.41, 5.74) is 0. The molecule has 10 N–H and O–H groups in total. The Morgan fingerprint density at radius 2 is 0.586 bits per heavy atom. The summed E-state index contributed by atoms with van der Waals surface area (Å²) in [6.45, 7) is -0.388. The van der Waals surface area contributed by atoms with Gasteiger partial charge in [0.1, 0.15) is 73.2 Å². The lowest BCUT2D eigenvalue weighted by Gasteiger charge is -2.41. The average Bonchev–Trinajstić information content (AvgIpc) is 2.71. The first-order valence-corrected chi connectivity index (χ1v) is 9.21.